The van der Waals surface area contributed by atoms with E-state index < -0.39 is 6.04 Å². The molecule has 5 rings (SSSR count). The molecule has 36 heavy (non-hydrogen) atoms. The number of ether oxygens (including phenoxy) is 2. The first-order valence-electron chi connectivity index (χ1n) is 12.0. The summed E-state index contributed by atoms with van der Waals surface area (Å²) in [4.78, 5) is 44.4. The molecule has 3 aliphatic rings. The van der Waals surface area contributed by atoms with Crippen LogP contribution in [-0.4, -0.2) is 86.2 Å². The Kier molecular flexibility index (Phi) is 7.15. The molecule has 2 saturated heterocycles. The maximum absolute atomic E-state index is 13.2. The monoisotopic (exact) mass is 513 g/mol. The van der Waals surface area contributed by atoms with E-state index in [1.807, 2.05) is 24.3 Å². The minimum atomic E-state index is -0.854. The quantitative estimate of drug-likeness (QED) is 0.604. The molecule has 11 heteroatoms. The standard InChI is InChI=1S/C25H28ClN5O5/c26-17-2-1-3-19(12-17)30-10-8-29(9-11-30)15-24(33)31-7-6-27-25(34)20(31)14-23(32)28-18-4-5-21-22(13-18)36-16-35-21/h1-5,12-13,20H,6-11,14-16H2,(H,27,34)(H,28,32)/t20-/m0/s1. The zero-order chi connectivity index (χ0) is 25.1. The molecule has 0 saturated carbocycles. The van der Waals surface area contributed by atoms with E-state index in [4.69, 9.17) is 21.1 Å². The molecule has 3 aliphatic heterocycles. The van der Waals surface area contributed by atoms with Gasteiger partial charge in [0.15, 0.2) is 11.5 Å². The number of fused-ring (bicyclic) bond motifs is 1. The molecular weight excluding hydrogens is 486 g/mol. The van der Waals surface area contributed by atoms with Gasteiger partial charge >= 0.3 is 0 Å². The average Bonchev–Trinajstić information content (AvgIpc) is 3.33. The maximum Gasteiger partial charge on any atom is 0.243 e. The summed E-state index contributed by atoms with van der Waals surface area (Å²) in [5, 5.41) is 6.26. The average molecular weight is 514 g/mol. The fourth-order valence-corrected chi connectivity index (χ4v) is 4.88. The third-order valence-corrected chi connectivity index (χ3v) is 6.83. The van der Waals surface area contributed by atoms with Gasteiger partial charge in [0.25, 0.3) is 0 Å². The van der Waals surface area contributed by atoms with Crippen LogP contribution in [0.25, 0.3) is 0 Å². The van der Waals surface area contributed by atoms with Crippen molar-refractivity contribution >= 4 is 40.7 Å². The third-order valence-electron chi connectivity index (χ3n) is 6.59. The van der Waals surface area contributed by atoms with E-state index in [0.717, 1.165) is 18.8 Å². The number of hydrogen-bond donors (Lipinski definition) is 2. The van der Waals surface area contributed by atoms with Crippen molar-refractivity contribution in [3.63, 3.8) is 0 Å². The van der Waals surface area contributed by atoms with Gasteiger partial charge in [-0.1, -0.05) is 17.7 Å². The summed E-state index contributed by atoms with van der Waals surface area (Å²) in [6, 6.07) is 12.0. The van der Waals surface area contributed by atoms with E-state index in [0.29, 0.717) is 48.4 Å². The lowest BCUT2D eigenvalue weighted by Gasteiger charge is -2.39. The SMILES string of the molecule is O=C(C[C@H]1C(=O)NCCN1C(=O)CN1CCN(c2cccc(Cl)c2)CC1)Nc1ccc2c(c1)OCO2. The summed E-state index contributed by atoms with van der Waals surface area (Å²) in [5.41, 5.74) is 1.60. The highest BCUT2D eigenvalue weighted by atomic mass is 35.5. The van der Waals surface area contributed by atoms with Crippen molar-refractivity contribution in [3.8, 4) is 11.5 Å². The second-order valence-electron chi connectivity index (χ2n) is 8.96. The van der Waals surface area contributed by atoms with Crippen molar-refractivity contribution < 1.29 is 23.9 Å². The number of carbonyl (C=O) groups is 3. The van der Waals surface area contributed by atoms with E-state index in [9.17, 15) is 14.4 Å². The lowest BCUT2D eigenvalue weighted by atomic mass is 10.1. The predicted molar refractivity (Wildman–Crippen MR) is 134 cm³/mol. The third kappa shape index (κ3) is 5.50. The first-order valence-corrected chi connectivity index (χ1v) is 12.3. The van der Waals surface area contributed by atoms with Crippen LogP contribution in [0.1, 0.15) is 6.42 Å². The summed E-state index contributed by atoms with van der Waals surface area (Å²) in [6.07, 6.45) is -0.130. The number of halogens is 1. The van der Waals surface area contributed by atoms with Crippen LogP contribution >= 0.6 is 11.6 Å². The molecule has 1 atom stereocenters. The number of benzene rings is 2. The second kappa shape index (κ2) is 10.6. The van der Waals surface area contributed by atoms with Crippen molar-refractivity contribution in [2.45, 2.75) is 12.5 Å². The summed E-state index contributed by atoms with van der Waals surface area (Å²) in [6.45, 7) is 4.06. The van der Waals surface area contributed by atoms with Gasteiger partial charge in [0, 0.05) is 61.7 Å². The first-order chi connectivity index (χ1) is 17.5. The highest BCUT2D eigenvalue weighted by molar-refractivity contribution is 6.30. The van der Waals surface area contributed by atoms with Gasteiger partial charge in [-0.25, -0.2) is 0 Å². The summed E-state index contributed by atoms with van der Waals surface area (Å²) in [5.74, 6) is 0.340. The number of nitrogens with one attached hydrogen (secondary N) is 2. The fourth-order valence-electron chi connectivity index (χ4n) is 4.70. The Balaban J connectivity index is 1.16. The smallest absolute Gasteiger partial charge is 0.243 e. The molecule has 0 bridgehead atoms. The lowest BCUT2D eigenvalue weighted by Crippen LogP contribution is -2.60. The highest BCUT2D eigenvalue weighted by Crippen LogP contribution is 2.34. The van der Waals surface area contributed by atoms with Crippen LogP contribution < -0.4 is 25.0 Å². The topological polar surface area (TPSA) is 103 Å². The lowest BCUT2D eigenvalue weighted by molar-refractivity contribution is -0.145. The number of piperazine rings is 2. The van der Waals surface area contributed by atoms with E-state index in [2.05, 4.69) is 20.4 Å². The van der Waals surface area contributed by atoms with Crippen LogP contribution in [0, 0.1) is 0 Å². The molecule has 0 spiro atoms. The first kappa shape index (κ1) is 24.2. The van der Waals surface area contributed by atoms with Gasteiger partial charge in [-0.3, -0.25) is 19.3 Å². The van der Waals surface area contributed by atoms with E-state index in [1.165, 1.54) is 4.90 Å². The Bertz CT molecular complexity index is 1150. The Morgan fingerprint density at radius 2 is 1.83 bits per heavy atom. The normalized spacial score (nSPS) is 19.7. The van der Waals surface area contributed by atoms with Crippen LogP contribution in [0.2, 0.25) is 5.02 Å². The Morgan fingerprint density at radius 1 is 1.03 bits per heavy atom. The number of rotatable bonds is 6. The molecule has 0 unspecified atom stereocenters. The molecule has 0 aromatic heterocycles. The molecule has 2 N–H and O–H groups in total. The number of hydrogen-bond acceptors (Lipinski definition) is 7. The molecule has 3 amide bonds. The van der Waals surface area contributed by atoms with Crippen molar-refractivity contribution in [2.24, 2.45) is 0 Å². The second-order valence-corrected chi connectivity index (χ2v) is 9.39. The van der Waals surface area contributed by atoms with Gasteiger partial charge in [0.05, 0.1) is 13.0 Å². The van der Waals surface area contributed by atoms with E-state index in [-0.39, 0.29) is 37.5 Å². The highest BCUT2D eigenvalue weighted by Gasteiger charge is 2.35. The van der Waals surface area contributed by atoms with E-state index >= 15 is 0 Å². The molecule has 2 aromatic rings. The van der Waals surface area contributed by atoms with Gasteiger partial charge in [-0.05, 0) is 30.3 Å². The van der Waals surface area contributed by atoms with Crippen molar-refractivity contribution in [1.29, 1.82) is 0 Å². The fraction of sp³-hybridized carbons (Fsp3) is 0.400. The molecule has 3 heterocycles. The molecule has 190 valence electrons. The van der Waals surface area contributed by atoms with Crippen molar-refractivity contribution in [3.05, 3.63) is 47.5 Å². The van der Waals surface area contributed by atoms with Crippen LogP contribution in [0.15, 0.2) is 42.5 Å². The van der Waals surface area contributed by atoms with Gasteiger partial charge in [-0.15, -0.1) is 0 Å². The van der Waals surface area contributed by atoms with Gasteiger partial charge < -0.3 is 29.9 Å². The largest absolute Gasteiger partial charge is 0.454 e. The number of anilines is 2. The molecule has 2 fully saturated rings. The summed E-state index contributed by atoms with van der Waals surface area (Å²) >= 11 is 6.12. The number of nitrogens with zero attached hydrogens (tertiary/aromatic N) is 3. The van der Waals surface area contributed by atoms with Gasteiger partial charge in [-0.2, -0.15) is 0 Å². The van der Waals surface area contributed by atoms with Crippen molar-refractivity contribution in [2.75, 3.05) is 62.8 Å². The molecule has 10 nitrogen and oxygen atoms in total. The van der Waals surface area contributed by atoms with Crippen LogP contribution in [0.4, 0.5) is 11.4 Å². The Labute approximate surface area is 214 Å². The number of amides is 3. The molecule has 0 aliphatic carbocycles. The Hall–Kier alpha value is -3.50. The summed E-state index contributed by atoms with van der Waals surface area (Å²) < 4.78 is 10.6. The summed E-state index contributed by atoms with van der Waals surface area (Å²) in [7, 11) is 0. The minimum absolute atomic E-state index is 0.130. The molecule has 2 aromatic carbocycles. The van der Waals surface area contributed by atoms with Crippen LogP contribution in [0.3, 0.4) is 0 Å². The van der Waals surface area contributed by atoms with Gasteiger partial charge in [0.1, 0.15) is 6.04 Å². The molecular formula is C25H28ClN5O5. The number of carbonyl (C=O) groups excluding carboxylic acids is 3. The molecule has 0 radical (unpaired) electrons. The van der Waals surface area contributed by atoms with E-state index in [1.54, 1.807) is 18.2 Å². The zero-order valence-electron chi connectivity index (χ0n) is 19.7. The zero-order valence-corrected chi connectivity index (χ0v) is 20.5. The Morgan fingerprint density at radius 3 is 2.64 bits per heavy atom. The van der Waals surface area contributed by atoms with Crippen molar-refractivity contribution in [1.82, 2.24) is 15.1 Å². The predicted octanol–water partition coefficient (Wildman–Crippen LogP) is 1.55. The van der Waals surface area contributed by atoms with Crippen LogP contribution in [-0.2, 0) is 14.4 Å². The van der Waals surface area contributed by atoms with Gasteiger partial charge in [0.2, 0.25) is 24.5 Å². The van der Waals surface area contributed by atoms with Crippen LogP contribution in [0.5, 0.6) is 11.5 Å². The maximum atomic E-state index is 13.2. The minimum Gasteiger partial charge on any atom is -0.454 e.